The molecule has 0 spiro atoms. The SMILES string of the molecule is CCN1CCN(C(=O)C2(c3ccccc3)CCCC2)CC1. The highest BCUT2D eigenvalue weighted by atomic mass is 16.2. The van der Waals surface area contributed by atoms with Gasteiger partial charge in [0.05, 0.1) is 5.41 Å². The van der Waals surface area contributed by atoms with Gasteiger partial charge in [-0.25, -0.2) is 0 Å². The minimum absolute atomic E-state index is 0.240. The highest BCUT2D eigenvalue weighted by molar-refractivity contribution is 5.88. The fraction of sp³-hybridized carbons (Fsp3) is 0.611. The zero-order chi connectivity index (χ0) is 14.7. The van der Waals surface area contributed by atoms with Crippen LogP contribution < -0.4 is 0 Å². The number of nitrogens with zero attached hydrogens (tertiary/aromatic N) is 2. The van der Waals surface area contributed by atoms with Gasteiger partial charge in [-0.3, -0.25) is 4.79 Å². The Kier molecular flexibility index (Phi) is 4.29. The third-order valence-electron chi connectivity index (χ3n) is 5.30. The smallest absolute Gasteiger partial charge is 0.233 e. The van der Waals surface area contributed by atoms with Crippen LogP contribution >= 0.6 is 0 Å². The van der Waals surface area contributed by atoms with Crippen LogP contribution in [0.1, 0.15) is 38.2 Å². The Bertz CT molecular complexity index is 471. The van der Waals surface area contributed by atoms with Crippen LogP contribution in [0.4, 0.5) is 0 Å². The standard InChI is InChI=1S/C18H26N2O/c1-2-19-12-14-20(15-13-19)17(21)18(10-6-7-11-18)16-8-4-3-5-9-16/h3-5,8-9H,2,6-7,10-15H2,1H3. The molecule has 3 heteroatoms. The van der Waals surface area contributed by atoms with Crippen LogP contribution in [-0.4, -0.2) is 48.4 Å². The third kappa shape index (κ3) is 2.71. The summed E-state index contributed by atoms with van der Waals surface area (Å²) in [6.07, 6.45) is 4.39. The van der Waals surface area contributed by atoms with Gasteiger partial charge < -0.3 is 9.80 Å². The van der Waals surface area contributed by atoms with Gasteiger partial charge in [-0.2, -0.15) is 0 Å². The van der Waals surface area contributed by atoms with Gasteiger partial charge in [-0.1, -0.05) is 50.1 Å². The van der Waals surface area contributed by atoms with Gasteiger partial charge in [-0.15, -0.1) is 0 Å². The molecule has 3 nitrogen and oxygen atoms in total. The van der Waals surface area contributed by atoms with E-state index in [1.165, 1.54) is 18.4 Å². The first-order chi connectivity index (χ1) is 10.3. The molecule has 1 aromatic carbocycles. The van der Waals surface area contributed by atoms with E-state index in [1.807, 2.05) is 6.07 Å². The Morgan fingerprint density at radius 2 is 1.67 bits per heavy atom. The molecule has 1 aromatic rings. The van der Waals surface area contributed by atoms with Gasteiger partial charge in [0, 0.05) is 26.2 Å². The zero-order valence-corrected chi connectivity index (χ0v) is 13.1. The molecule has 0 radical (unpaired) electrons. The molecule has 0 bridgehead atoms. The van der Waals surface area contributed by atoms with E-state index in [0.717, 1.165) is 45.6 Å². The highest BCUT2D eigenvalue weighted by Crippen LogP contribution is 2.42. The lowest BCUT2D eigenvalue weighted by Gasteiger charge is -2.39. The number of carbonyl (C=O) groups excluding carboxylic acids is 1. The number of benzene rings is 1. The molecule has 0 N–H and O–H groups in total. The first-order valence-corrected chi connectivity index (χ1v) is 8.33. The van der Waals surface area contributed by atoms with E-state index in [1.54, 1.807) is 0 Å². The predicted molar refractivity (Wildman–Crippen MR) is 85.3 cm³/mol. The van der Waals surface area contributed by atoms with Crippen LogP contribution in [0.2, 0.25) is 0 Å². The van der Waals surface area contributed by atoms with Gasteiger partial charge >= 0.3 is 0 Å². The Hall–Kier alpha value is -1.35. The number of rotatable bonds is 3. The number of amides is 1. The molecule has 1 aliphatic carbocycles. The molecule has 21 heavy (non-hydrogen) atoms. The topological polar surface area (TPSA) is 23.6 Å². The molecule has 1 aliphatic heterocycles. The molecule has 0 aromatic heterocycles. The second kappa shape index (κ2) is 6.18. The van der Waals surface area contributed by atoms with Crippen molar-refractivity contribution in [2.24, 2.45) is 0 Å². The normalized spacial score (nSPS) is 22.4. The first-order valence-electron chi connectivity index (χ1n) is 8.33. The molecule has 1 heterocycles. The van der Waals surface area contributed by atoms with Gasteiger partial charge in [-0.05, 0) is 24.9 Å². The van der Waals surface area contributed by atoms with Crippen molar-refractivity contribution in [1.82, 2.24) is 9.80 Å². The number of hydrogen-bond acceptors (Lipinski definition) is 2. The van der Waals surface area contributed by atoms with Gasteiger partial charge in [0.1, 0.15) is 0 Å². The van der Waals surface area contributed by atoms with E-state index < -0.39 is 0 Å². The second-order valence-electron chi connectivity index (χ2n) is 6.38. The fourth-order valence-corrected chi connectivity index (χ4v) is 3.93. The van der Waals surface area contributed by atoms with E-state index in [0.29, 0.717) is 5.91 Å². The average molecular weight is 286 g/mol. The van der Waals surface area contributed by atoms with E-state index in [9.17, 15) is 4.79 Å². The van der Waals surface area contributed by atoms with E-state index in [-0.39, 0.29) is 5.41 Å². The summed E-state index contributed by atoms with van der Waals surface area (Å²) in [6.45, 7) is 7.11. The summed E-state index contributed by atoms with van der Waals surface area (Å²) in [5.41, 5.74) is 0.987. The van der Waals surface area contributed by atoms with E-state index in [4.69, 9.17) is 0 Å². The van der Waals surface area contributed by atoms with Crippen molar-refractivity contribution in [3.05, 3.63) is 35.9 Å². The van der Waals surface area contributed by atoms with Gasteiger partial charge in [0.15, 0.2) is 0 Å². The van der Waals surface area contributed by atoms with Crippen molar-refractivity contribution in [3.63, 3.8) is 0 Å². The lowest BCUT2D eigenvalue weighted by Crippen LogP contribution is -2.53. The van der Waals surface area contributed by atoms with Crippen molar-refractivity contribution in [2.75, 3.05) is 32.7 Å². The monoisotopic (exact) mass is 286 g/mol. The van der Waals surface area contributed by atoms with Crippen molar-refractivity contribution >= 4 is 5.91 Å². The van der Waals surface area contributed by atoms with Gasteiger partial charge in [0.2, 0.25) is 5.91 Å². The predicted octanol–water partition coefficient (Wildman–Crippen LogP) is 2.66. The second-order valence-corrected chi connectivity index (χ2v) is 6.38. The molecule has 1 amide bonds. The molecule has 1 saturated carbocycles. The molecular weight excluding hydrogens is 260 g/mol. The Labute approximate surface area is 127 Å². The average Bonchev–Trinajstić information content (AvgIpc) is 3.06. The van der Waals surface area contributed by atoms with Crippen LogP contribution in [0.3, 0.4) is 0 Å². The molecule has 0 unspecified atom stereocenters. The summed E-state index contributed by atoms with van der Waals surface area (Å²) in [6, 6.07) is 10.5. The summed E-state index contributed by atoms with van der Waals surface area (Å²) < 4.78 is 0. The maximum atomic E-state index is 13.2. The Balaban J connectivity index is 1.80. The number of hydrogen-bond donors (Lipinski definition) is 0. The summed E-state index contributed by atoms with van der Waals surface area (Å²) in [5.74, 6) is 0.377. The highest BCUT2D eigenvalue weighted by Gasteiger charge is 2.45. The zero-order valence-electron chi connectivity index (χ0n) is 13.1. The van der Waals surface area contributed by atoms with Crippen LogP contribution in [0.5, 0.6) is 0 Å². The summed E-state index contributed by atoms with van der Waals surface area (Å²) in [7, 11) is 0. The van der Waals surface area contributed by atoms with Crippen molar-refractivity contribution in [3.8, 4) is 0 Å². The summed E-state index contributed by atoms with van der Waals surface area (Å²) in [4.78, 5) is 17.8. The van der Waals surface area contributed by atoms with Crippen molar-refractivity contribution in [1.29, 1.82) is 0 Å². The largest absolute Gasteiger partial charge is 0.339 e. The van der Waals surface area contributed by atoms with Gasteiger partial charge in [0.25, 0.3) is 0 Å². The molecule has 2 fully saturated rings. The third-order valence-corrected chi connectivity index (χ3v) is 5.30. The van der Waals surface area contributed by atoms with E-state index >= 15 is 0 Å². The van der Waals surface area contributed by atoms with Crippen LogP contribution in [-0.2, 0) is 10.2 Å². The van der Waals surface area contributed by atoms with Crippen molar-refractivity contribution < 1.29 is 4.79 Å². The summed E-state index contributed by atoms with van der Waals surface area (Å²) in [5, 5.41) is 0. The number of piperazine rings is 1. The van der Waals surface area contributed by atoms with Crippen LogP contribution in [0, 0.1) is 0 Å². The molecule has 3 rings (SSSR count). The molecule has 0 atom stereocenters. The molecular formula is C18H26N2O. The lowest BCUT2D eigenvalue weighted by atomic mass is 9.77. The van der Waals surface area contributed by atoms with Crippen LogP contribution in [0.15, 0.2) is 30.3 Å². The van der Waals surface area contributed by atoms with Crippen molar-refractivity contribution in [2.45, 2.75) is 38.0 Å². The number of carbonyl (C=O) groups is 1. The minimum Gasteiger partial charge on any atom is -0.339 e. The fourth-order valence-electron chi connectivity index (χ4n) is 3.93. The molecule has 1 saturated heterocycles. The minimum atomic E-state index is -0.240. The van der Waals surface area contributed by atoms with E-state index in [2.05, 4.69) is 41.0 Å². The Morgan fingerprint density at radius 1 is 1.05 bits per heavy atom. The molecule has 2 aliphatic rings. The number of likely N-dealkylation sites (N-methyl/N-ethyl adjacent to an activating group) is 1. The lowest BCUT2D eigenvalue weighted by molar-refractivity contribution is -0.139. The maximum Gasteiger partial charge on any atom is 0.233 e. The molecule has 114 valence electrons. The van der Waals surface area contributed by atoms with Crippen LogP contribution in [0.25, 0.3) is 0 Å². The Morgan fingerprint density at radius 3 is 2.24 bits per heavy atom. The first kappa shape index (κ1) is 14.6. The maximum absolute atomic E-state index is 13.2. The summed E-state index contributed by atoms with van der Waals surface area (Å²) >= 11 is 0. The quantitative estimate of drug-likeness (QED) is 0.853.